The predicted molar refractivity (Wildman–Crippen MR) is 101 cm³/mol. The van der Waals surface area contributed by atoms with Gasteiger partial charge in [0.2, 0.25) is 0 Å². The van der Waals surface area contributed by atoms with Crippen molar-refractivity contribution in [1.82, 2.24) is 4.90 Å². The van der Waals surface area contributed by atoms with E-state index in [1.807, 2.05) is 37.8 Å². The Balaban J connectivity index is 1.73. The lowest BCUT2D eigenvalue weighted by Crippen LogP contribution is -2.54. The molecule has 138 valence electrons. The van der Waals surface area contributed by atoms with Crippen LogP contribution in [0.2, 0.25) is 0 Å². The van der Waals surface area contributed by atoms with Crippen molar-refractivity contribution in [2.45, 2.75) is 27.1 Å². The summed E-state index contributed by atoms with van der Waals surface area (Å²) in [5.41, 5.74) is 8.34. The van der Waals surface area contributed by atoms with E-state index in [1.54, 1.807) is 0 Å². The molecule has 3 rings (SSSR count). The first-order valence-electron chi connectivity index (χ1n) is 9.09. The summed E-state index contributed by atoms with van der Waals surface area (Å²) in [5, 5.41) is 0. The molecule has 1 unspecified atom stereocenters. The fraction of sp³-hybridized carbons (Fsp3) is 0.632. The van der Waals surface area contributed by atoms with Crippen molar-refractivity contribution >= 4 is 17.2 Å². The number of carbonyl (C=O) groups is 1. The lowest BCUT2D eigenvalue weighted by Gasteiger charge is -2.33. The van der Waals surface area contributed by atoms with Crippen LogP contribution in [-0.2, 0) is 9.53 Å². The van der Waals surface area contributed by atoms with E-state index in [2.05, 4.69) is 21.9 Å². The molecule has 0 aromatic heterocycles. The molecule has 0 bridgehead atoms. The number of Topliss-reactive ketones (excluding diaryl/α,β-unsaturated/α-hetero) is 1. The number of nitrogens with zero attached hydrogens (tertiary/aromatic N) is 3. The number of carbonyl (C=O) groups excluding carboxylic acids is 1. The minimum absolute atomic E-state index is 0.202. The van der Waals surface area contributed by atoms with Gasteiger partial charge in [-0.05, 0) is 12.1 Å². The number of ether oxygens (including phenoxy) is 1. The van der Waals surface area contributed by atoms with Crippen molar-refractivity contribution in [2.24, 2.45) is 11.1 Å². The first-order chi connectivity index (χ1) is 11.9. The summed E-state index contributed by atoms with van der Waals surface area (Å²) in [6.07, 6.45) is -0.301. The van der Waals surface area contributed by atoms with Crippen molar-refractivity contribution < 1.29 is 9.53 Å². The minimum atomic E-state index is -0.365. The second kappa shape index (κ2) is 7.32. The van der Waals surface area contributed by atoms with E-state index in [9.17, 15) is 4.79 Å². The molecule has 2 heterocycles. The SMILES string of the molecule is CC(C)(C)C(=O)CN1c2ccccc2N(CCN2CCOCC2)C1N. The van der Waals surface area contributed by atoms with E-state index < -0.39 is 0 Å². The smallest absolute Gasteiger partial charge is 0.157 e. The largest absolute Gasteiger partial charge is 0.379 e. The summed E-state index contributed by atoms with van der Waals surface area (Å²) >= 11 is 0. The monoisotopic (exact) mass is 346 g/mol. The topological polar surface area (TPSA) is 62.0 Å². The summed E-state index contributed by atoms with van der Waals surface area (Å²) in [4.78, 5) is 19.2. The number of hydrogen-bond acceptors (Lipinski definition) is 6. The quantitative estimate of drug-likeness (QED) is 0.872. The fourth-order valence-corrected chi connectivity index (χ4v) is 3.30. The molecule has 25 heavy (non-hydrogen) atoms. The standard InChI is InChI=1S/C19H30N4O2/c1-19(2,3)17(24)14-23-16-7-5-4-6-15(16)22(18(23)20)9-8-21-10-12-25-13-11-21/h4-7,18H,8-14,20H2,1-3H3. The Morgan fingerprint density at radius 2 is 1.72 bits per heavy atom. The van der Waals surface area contributed by atoms with Crippen LogP contribution in [0.25, 0.3) is 0 Å². The van der Waals surface area contributed by atoms with Crippen molar-refractivity contribution in [2.75, 3.05) is 55.7 Å². The normalized spacial score (nSPS) is 21.5. The minimum Gasteiger partial charge on any atom is -0.379 e. The van der Waals surface area contributed by atoms with E-state index in [0.717, 1.165) is 50.8 Å². The summed E-state index contributed by atoms with van der Waals surface area (Å²) in [5.74, 6) is 0.202. The molecular formula is C19H30N4O2. The third-order valence-electron chi connectivity index (χ3n) is 5.05. The number of rotatable bonds is 5. The van der Waals surface area contributed by atoms with Gasteiger partial charge in [0.1, 0.15) is 0 Å². The maximum absolute atomic E-state index is 12.5. The highest BCUT2D eigenvalue weighted by Gasteiger charge is 2.36. The summed E-state index contributed by atoms with van der Waals surface area (Å²) < 4.78 is 5.42. The highest BCUT2D eigenvalue weighted by Crippen LogP contribution is 2.38. The number of anilines is 2. The number of ketones is 1. The number of nitrogens with two attached hydrogens (primary N) is 1. The highest BCUT2D eigenvalue weighted by atomic mass is 16.5. The van der Waals surface area contributed by atoms with Crippen LogP contribution in [0.3, 0.4) is 0 Å². The molecule has 0 amide bonds. The second-order valence-electron chi connectivity index (χ2n) is 7.85. The molecule has 1 aromatic rings. The predicted octanol–water partition coefficient (Wildman–Crippen LogP) is 1.50. The molecule has 2 aliphatic heterocycles. The van der Waals surface area contributed by atoms with Crippen LogP contribution >= 0.6 is 0 Å². The zero-order chi connectivity index (χ0) is 18.0. The van der Waals surface area contributed by atoms with Gasteiger partial charge in [0, 0.05) is 31.6 Å². The van der Waals surface area contributed by atoms with Gasteiger partial charge in [0.15, 0.2) is 12.1 Å². The lowest BCUT2D eigenvalue weighted by molar-refractivity contribution is -0.124. The molecular weight excluding hydrogens is 316 g/mol. The van der Waals surface area contributed by atoms with Crippen molar-refractivity contribution in [3.8, 4) is 0 Å². The Bertz CT molecular complexity index is 608. The number of hydrogen-bond donors (Lipinski definition) is 1. The van der Waals surface area contributed by atoms with Crippen molar-refractivity contribution in [1.29, 1.82) is 0 Å². The number of para-hydroxylation sites is 2. The molecule has 6 heteroatoms. The average molecular weight is 346 g/mol. The Morgan fingerprint density at radius 1 is 1.12 bits per heavy atom. The fourth-order valence-electron chi connectivity index (χ4n) is 3.30. The third kappa shape index (κ3) is 3.97. The van der Waals surface area contributed by atoms with Crippen LogP contribution in [0.15, 0.2) is 24.3 Å². The number of fused-ring (bicyclic) bond motifs is 1. The zero-order valence-electron chi connectivity index (χ0n) is 15.6. The maximum Gasteiger partial charge on any atom is 0.157 e. The van der Waals surface area contributed by atoms with Crippen LogP contribution in [0.5, 0.6) is 0 Å². The van der Waals surface area contributed by atoms with E-state index in [1.165, 1.54) is 0 Å². The number of benzene rings is 1. The Morgan fingerprint density at radius 3 is 2.32 bits per heavy atom. The van der Waals surface area contributed by atoms with Gasteiger partial charge in [-0.25, -0.2) is 0 Å². The molecule has 0 radical (unpaired) electrons. The van der Waals surface area contributed by atoms with Crippen LogP contribution in [0.4, 0.5) is 11.4 Å². The van der Waals surface area contributed by atoms with Gasteiger partial charge in [0.25, 0.3) is 0 Å². The number of morpholine rings is 1. The average Bonchev–Trinajstić information content (AvgIpc) is 2.85. The van der Waals surface area contributed by atoms with Gasteiger partial charge in [-0.2, -0.15) is 0 Å². The third-order valence-corrected chi connectivity index (χ3v) is 5.05. The highest BCUT2D eigenvalue weighted by molar-refractivity contribution is 5.90. The van der Waals surface area contributed by atoms with Gasteiger partial charge >= 0.3 is 0 Å². The van der Waals surface area contributed by atoms with Gasteiger partial charge in [-0.15, -0.1) is 0 Å². The van der Waals surface area contributed by atoms with Gasteiger partial charge in [0.05, 0.1) is 31.1 Å². The molecule has 2 N–H and O–H groups in total. The second-order valence-corrected chi connectivity index (χ2v) is 7.85. The molecule has 1 saturated heterocycles. The molecule has 2 aliphatic rings. The molecule has 1 fully saturated rings. The molecule has 1 aromatic carbocycles. The molecule has 0 spiro atoms. The van der Waals surface area contributed by atoms with Crippen LogP contribution in [0.1, 0.15) is 20.8 Å². The molecule has 1 atom stereocenters. The Labute approximate surface area is 150 Å². The van der Waals surface area contributed by atoms with Gasteiger partial charge in [-0.3, -0.25) is 15.4 Å². The first-order valence-corrected chi connectivity index (χ1v) is 9.09. The van der Waals surface area contributed by atoms with Gasteiger partial charge in [-0.1, -0.05) is 32.9 Å². The van der Waals surface area contributed by atoms with Crippen molar-refractivity contribution in [3.05, 3.63) is 24.3 Å². The van der Waals surface area contributed by atoms with E-state index >= 15 is 0 Å². The summed E-state index contributed by atoms with van der Waals surface area (Å²) in [6, 6.07) is 8.18. The summed E-state index contributed by atoms with van der Waals surface area (Å²) in [6.45, 7) is 11.6. The summed E-state index contributed by atoms with van der Waals surface area (Å²) in [7, 11) is 0. The molecule has 0 aliphatic carbocycles. The van der Waals surface area contributed by atoms with Crippen LogP contribution in [-0.4, -0.2) is 62.9 Å². The Hall–Kier alpha value is -1.63. The first kappa shape index (κ1) is 18.2. The van der Waals surface area contributed by atoms with Gasteiger partial charge < -0.3 is 14.5 Å². The maximum atomic E-state index is 12.5. The lowest BCUT2D eigenvalue weighted by atomic mass is 9.90. The molecule has 0 saturated carbocycles. The van der Waals surface area contributed by atoms with E-state index in [4.69, 9.17) is 10.5 Å². The Kier molecular flexibility index (Phi) is 5.32. The van der Waals surface area contributed by atoms with E-state index in [0.29, 0.717) is 6.54 Å². The van der Waals surface area contributed by atoms with Crippen LogP contribution < -0.4 is 15.5 Å². The molecule has 6 nitrogen and oxygen atoms in total. The van der Waals surface area contributed by atoms with Crippen LogP contribution in [0, 0.1) is 5.41 Å². The van der Waals surface area contributed by atoms with E-state index in [-0.39, 0.29) is 17.5 Å². The van der Waals surface area contributed by atoms with Crippen molar-refractivity contribution in [3.63, 3.8) is 0 Å². The zero-order valence-corrected chi connectivity index (χ0v) is 15.6.